The van der Waals surface area contributed by atoms with Gasteiger partial charge in [0.2, 0.25) is 0 Å². The number of carbonyl (C=O) groups is 1. The molecule has 1 aromatic rings. The van der Waals surface area contributed by atoms with Crippen molar-refractivity contribution < 1.29 is 9.53 Å². The van der Waals surface area contributed by atoms with Crippen molar-refractivity contribution in [3.63, 3.8) is 0 Å². The number of rotatable bonds is 3. The molecule has 2 aliphatic rings. The number of ether oxygens (including phenoxy) is 1. The van der Waals surface area contributed by atoms with Crippen LogP contribution in [0.15, 0.2) is 0 Å². The van der Waals surface area contributed by atoms with Gasteiger partial charge in [-0.25, -0.2) is 0 Å². The van der Waals surface area contributed by atoms with Crippen molar-refractivity contribution in [2.24, 2.45) is 16.7 Å². The normalized spacial score (nSPS) is 35.6. The van der Waals surface area contributed by atoms with Crippen LogP contribution in [0.3, 0.4) is 0 Å². The molecule has 1 heterocycles. The Morgan fingerprint density at radius 1 is 1.47 bits per heavy atom. The summed E-state index contributed by atoms with van der Waals surface area (Å²) in [6.07, 6.45) is 4.50. The second-order valence-corrected chi connectivity index (χ2v) is 7.82. The van der Waals surface area contributed by atoms with Crippen LogP contribution in [0.4, 0.5) is 0 Å². The number of hydrogen-bond acceptors (Lipinski definition) is 4. The molecule has 0 radical (unpaired) electrons. The monoisotopic (exact) mass is 299 g/mol. The fourth-order valence-corrected chi connectivity index (χ4v) is 4.80. The molecular formula is C14H18ClNO2S. The summed E-state index contributed by atoms with van der Waals surface area (Å²) in [4.78, 5) is 15.4. The van der Waals surface area contributed by atoms with Gasteiger partial charge < -0.3 is 4.74 Å². The molecule has 2 saturated carbocycles. The van der Waals surface area contributed by atoms with E-state index in [2.05, 4.69) is 25.8 Å². The van der Waals surface area contributed by atoms with Crippen LogP contribution in [0.1, 0.15) is 49.7 Å². The molecule has 2 bridgehead atoms. The van der Waals surface area contributed by atoms with Gasteiger partial charge in [0.05, 0.1) is 0 Å². The predicted molar refractivity (Wildman–Crippen MR) is 76.2 cm³/mol. The molecule has 0 aromatic carbocycles. The van der Waals surface area contributed by atoms with E-state index in [1.807, 2.05) is 0 Å². The number of hydrogen-bond donors (Lipinski definition) is 0. The molecule has 3 nitrogen and oxygen atoms in total. The maximum Gasteiger partial charge on any atom is 0.275 e. The van der Waals surface area contributed by atoms with Crippen LogP contribution in [0.2, 0.25) is 5.15 Å². The van der Waals surface area contributed by atoms with Gasteiger partial charge in [0.1, 0.15) is 11.0 Å². The van der Waals surface area contributed by atoms with Crippen molar-refractivity contribution in [2.75, 3.05) is 0 Å². The first-order chi connectivity index (χ1) is 8.88. The average Bonchev–Trinajstić information content (AvgIpc) is 2.87. The number of nitrogens with zero attached hydrogens (tertiary/aromatic N) is 1. The molecule has 5 heteroatoms. The Balaban J connectivity index is 1.83. The summed E-state index contributed by atoms with van der Waals surface area (Å²) in [5, 5.41) is 0.782. The van der Waals surface area contributed by atoms with E-state index in [0.717, 1.165) is 18.6 Å². The Bertz CT molecular complexity index is 528. The smallest absolute Gasteiger partial charge is 0.275 e. The summed E-state index contributed by atoms with van der Waals surface area (Å²) < 4.78 is 6.08. The van der Waals surface area contributed by atoms with Gasteiger partial charge in [-0.15, -0.1) is 0 Å². The van der Waals surface area contributed by atoms with Crippen LogP contribution in [-0.2, 0) is 0 Å². The Kier molecular flexibility index (Phi) is 2.95. The lowest BCUT2D eigenvalue weighted by molar-refractivity contribution is 0.0300. The minimum absolute atomic E-state index is 0.183. The first-order valence-electron chi connectivity index (χ1n) is 6.66. The zero-order valence-electron chi connectivity index (χ0n) is 11.4. The van der Waals surface area contributed by atoms with Gasteiger partial charge in [-0.3, -0.25) is 4.79 Å². The van der Waals surface area contributed by atoms with Crippen LogP contribution in [0.5, 0.6) is 5.19 Å². The Labute approximate surface area is 122 Å². The van der Waals surface area contributed by atoms with Crippen molar-refractivity contribution in [3.8, 4) is 5.19 Å². The summed E-state index contributed by atoms with van der Waals surface area (Å²) in [6, 6.07) is 0. The molecule has 0 spiro atoms. The van der Waals surface area contributed by atoms with Crippen molar-refractivity contribution in [3.05, 3.63) is 10.0 Å². The van der Waals surface area contributed by atoms with Gasteiger partial charge in [-0.1, -0.05) is 43.7 Å². The topological polar surface area (TPSA) is 39.2 Å². The largest absolute Gasteiger partial charge is 0.466 e. The van der Waals surface area contributed by atoms with E-state index in [1.54, 1.807) is 0 Å². The SMILES string of the molecule is CC1(C)C2CCC1(C)C(Oc1nc(Cl)c(C=O)s1)C2. The van der Waals surface area contributed by atoms with E-state index < -0.39 is 0 Å². The lowest BCUT2D eigenvalue weighted by Gasteiger charge is -2.38. The van der Waals surface area contributed by atoms with E-state index in [9.17, 15) is 4.79 Å². The minimum atomic E-state index is 0.183. The first-order valence-corrected chi connectivity index (χ1v) is 7.86. The quantitative estimate of drug-likeness (QED) is 0.785. The Hall–Kier alpha value is -0.610. The highest BCUT2D eigenvalue weighted by Crippen LogP contribution is 2.66. The van der Waals surface area contributed by atoms with Crippen LogP contribution < -0.4 is 4.74 Å². The molecule has 2 aliphatic carbocycles. The van der Waals surface area contributed by atoms with E-state index in [-0.39, 0.29) is 16.7 Å². The van der Waals surface area contributed by atoms with Crippen molar-refractivity contribution in [1.82, 2.24) is 4.98 Å². The minimum Gasteiger partial charge on any atom is -0.466 e. The molecule has 3 atom stereocenters. The molecule has 3 unspecified atom stereocenters. The molecule has 104 valence electrons. The Morgan fingerprint density at radius 3 is 2.68 bits per heavy atom. The standard InChI is InChI=1S/C14H18ClNO2S/c1-13(2)8-4-5-14(13,3)10(6-8)18-12-16-11(15)9(7-17)19-12/h7-8,10H,4-6H2,1-3H3. The zero-order valence-corrected chi connectivity index (χ0v) is 13.0. The first kappa shape index (κ1) is 13.4. The highest BCUT2D eigenvalue weighted by Gasteiger charge is 2.62. The highest BCUT2D eigenvalue weighted by molar-refractivity contribution is 7.15. The number of halogens is 1. The number of aldehydes is 1. The lowest BCUT2D eigenvalue weighted by Crippen LogP contribution is -2.38. The van der Waals surface area contributed by atoms with E-state index >= 15 is 0 Å². The second kappa shape index (κ2) is 4.19. The maximum absolute atomic E-state index is 10.8. The van der Waals surface area contributed by atoms with Gasteiger partial charge >= 0.3 is 0 Å². The summed E-state index contributed by atoms with van der Waals surface area (Å²) in [5.41, 5.74) is 0.503. The van der Waals surface area contributed by atoms with Crippen molar-refractivity contribution in [2.45, 2.75) is 46.1 Å². The molecular weight excluding hydrogens is 282 g/mol. The summed E-state index contributed by atoms with van der Waals surface area (Å²) >= 11 is 7.13. The van der Waals surface area contributed by atoms with Crippen LogP contribution in [0, 0.1) is 16.7 Å². The molecule has 2 fully saturated rings. The van der Waals surface area contributed by atoms with Crippen molar-refractivity contribution in [1.29, 1.82) is 0 Å². The second-order valence-electron chi connectivity index (χ2n) is 6.47. The summed E-state index contributed by atoms with van der Waals surface area (Å²) in [7, 11) is 0. The molecule has 1 aromatic heterocycles. The van der Waals surface area contributed by atoms with Gasteiger partial charge in [0.15, 0.2) is 11.4 Å². The fraction of sp³-hybridized carbons (Fsp3) is 0.714. The van der Waals surface area contributed by atoms with Gasteiger partial charge in [-0.05, 0) is 30.6 Å². The fourth-order valence-electron chi connectivity index (χ4n) is 3.85. The number of carbonyl (C=O) groups excluding carboxylic acids is 1. The van der Waals surface area contributed by atoms with Gasteiger partial charge in [0, 0.05) is 5.41 Å². The van der Waals surface area contributed by atoms with Gasteiger partial charge in [0.25, 0.3) is 5.19 Å². The number of aromatic nitrogens is 1. The molecule has 3 rings (SSSR count). The van der Waals surface area contributed by atoms with Crippen LogP contribution in [0.25, 0.3) is 0 Å². The number of fused-ring (bicyclic) bond motifs is 2. The van der Waals surface area contributed by atoms with Crippen LogP contribution >= 0.6 is 22.9 Å². The summed E-state index contributed by atoms with van der Waals surface area (Å²) in [6.45, 7) is 7.01. The maximum atomic E-state index is 10.8. The third-order valence-corrected chi connectivity index (χ3v) is 6.93. The number of thiazole rings is 1. The Morgan fingerprint density at radius 2 is 2.21 bits per heavy atom. The third-order valence-electron chi connectivity index (χ3n) is 5.65. The third kappa shape index (κ3) is 1.76. The van der Waals surface area contributed by atoms with E-state index in [4.69, 9.17) is 16.3 Å². The molecule has 0 amide bonds. The van der Waals surface area contributed by atoms with E-state index in [1.165, 1.54) is 24.2 Å². The zero-order chi connectivity index (χ0) is 13.8. The average molecular weight is 300 g/mol. The molecule has 0 saturated heterocycles. The summed E-state index contributed by atoms with van der Waals surface area (Å²) in [5.74, 6) is 0.725. The van der Waals surface area contributed by atoms with E-state index in [0.29, 0.717) is 15.5 Å². The molecule has 0 N–H and O–H groups in total. The van der Waals surface area contributed by atoms with Crippen molar-refractivity contribution >= 4 is 29.2 Å². The molecule has 0 aliphatic heterocycles. The predicted octanol–water partition coefficient (Wildman–Crippen LogP) is 4.20. The molecule has 19 heavy (non-hydrogen) atoms. The highest BCUT2D eigenvalue weighted by atomic mass is 35.5. The lowest BCUT2D eigenvalue weighted by atomic mass is 9.70. The van der Waals surface area contributed by atoms with Gasteiger partial charge in [-0.2, -0.15) is 4.98 Å². The van der Waals surface area contributed by atoms with Crippen LogP contribution in [-0.4, -0.2) is 17.4 Å².